The Bertz CT molecular complexity index is 656. The Hall–Kier alpha value is -2.73. The minimum Gasteiger partial charge on any atom is -0.481 e. The second kappa shape index (κ2) is 15.1. The van der Waals surface area contributed by atoms with Gasteiger partial charge in [-0.2, -0.15) is 0 Å². The lowest BCUT2D eigenvalue weighted by Crippen LogP contribution is -2.56. The highest BCUT2D eigenvalue weighted by Gasteiger charge is 2.29. The Morgan fingerprint density at radius 2 is 1.41 bits per heavy atom. The van der Waals surface area contributed by atoms with Crippen molar-refractivity contribution in [2.45, 2.75) is 83.5 Å². The summed E-state index contributed by atoms with van der Waals surface area (Å²) in [7, 11) is 0. The summed E-state index contributed by atoms with van der Waals surface area (Å²) in [5.41, 5.74) is 11.2. The number of unbranched alkanes of at least 4 members (excludes halogenated alkanes) is 1. The topological polar surface area (TPSA) is 214 Å². The molecule has 4 atom stereocenters. The molecule has 0 aliphatic carbocycles. The van der Waals surface area contributed by atoms with Crippen molar-refractivity contribution < 1.29 is 34.2 Å². The zero-order chi connectivity index (χ0) is 24.8. The van der Waals surface area contributed by atoms with Crippen LogP contribution in [0, 0.1) is 5.92 Å². The average Bonchev–Trinajstić information content (AvgIpc) is 2.69. The average molecular weight is 460 g/mol. The van der Waals surface area contributed by atoms with Crippen molar-refractivity contribution in [3.8, 4) is 0 Å². The van der Waals surface area contributed by atoms with Gasteiger partial charge in [-0.15, -0.1) is 0 Å². The second-order valence-electron chi connectivity index (χ2n) is 8.14. The monoisotopic (exact) mass is 459 g/mol. The molecule has 0 aromatic heterocycles. The number of nitrogens with one attached hydrogen (secondary N) is 3. The van der Waals surface area contributed by atoms with Gasteiger partial charge in [0.05, 0.1) is 6.04 Å². The zero-order valence-electron chi connectivity index (χ0n) is 18.9. The van der Waals surface area contributed by atoms with Crippen LogP contribution in [-0.2, 0) is 24.0 Å². The molecular weight excluding hydrogens is 422 g/mol. The van der Waals surface area contributed by atoms with E-state index in [0.29, 0.717) is 25.8 Å². The van der Waals surface area contributed by atoms with Crippen LogP contribution in [0.3, 0.4) is 0 Å². The van der Waals surface area contributed by atoms with Crippen LogP contribution in [0.25, 0.3) is 0 Å². The minimum absolute atomic E-state index is 0.137. The molecule has 0 bridgehead atoms. The number of amides is 3. The van der Waals surface area contributed by atoms with Gasteiger partial charge in [0.15, 0.2) is 0 Å². The van der Waals surface area contributed by atoms with Gasteiger partial charge in [-0.05, 0) is 51.5 Å². The van der Waals surface area contributed by atoms with E-state index in [-0.39, 0.29) is 18.8 Å². The molecule has 0 saturated carbocycles. The quantitative estimate of drug-likeness (QED) is 0.139. The van der Waals surface area contributed by atoms with Crippen LogP contribution in [0.15, 0.2) is 0 Å². The van der Waals surface area contributed by atoms with Gasteiger partial charge in [0.2, 0.25) is 17.7 Å². The van der Waals surface area contributed by atoms with Gasteiger partial charge >= 0.3 is 11.9 Å². The third-order valence-electron chi connectivity index (χ3n) is 4.66. The number of carbonyl (C=O) groups is 5. The predicted octanol–water partition coefficient (Wildman–Crippen LogP) is -1.09. The van der Waals surface area contributed by atoms with Gasteiger partial charge in [0, 0.05) is 6.42 Å². The lowest BCUT2D eigenvalue weighted by atomic mass is 10.0. The molecule has 0 aliphatic rings. The smallest absolute Gasteiger partial charge is 0.326 e. The van der Waals surface area contributed by atoms with E-state index in [2.05, 4.69) is 16.0 Å². The summed E-state index contributed by atoms with van der Waals surface area (Å²) in [5.74, 6) is -4.34. The van der Waals surface area contributed by atoms with E-state index in [0.717, 1.165) is 0 Å². The fourth-order valence-corrected chi connectivity index (χ4v) is 2.86. The highest BCUT2D eigenvalue weighted by atomic mass is 16.4. The summed E-state index contributed by atoms with van der Waals surface area (Å²) in [6.07, 6.45) is 0.927. The van der Waals surface area contributed by atoms with Crippen LogP contribution in [0.2, 0.25) is 0 Å². The maximum atomic E-state index is 12.6. The third-order valence-corrected chi connectivity index (χ3v) is 4.66. The molecule has 3 amide bonds. The van der Waals surface area contributed by atoms with Crippen molar-refractivity contribution >= 4 is 29.7 Å². The number of rotatable bonds is 16. The van der Waals surface area contributed by atoms with E-state index >= 15 is 0 Å². The highest BCUT2D eigenvalue weighted by molar-refractivity contribution is 5.94. The van der Waals surface area contributed by atoms with Crippen molar-refractivity contribution in [1.82, 2.24) is 16.0 Å². The summed E-state index contributed by atoms with van der Waals surface area (Å²) >= 11 is 0. The first-order chi connectivity index (χ1) is 14.9. The van der Waals surface area contributed by atoms with Crippen molar-refractivity contribution in [3.63, 3.8) is 0 Å². The summed E-state index contributed by atoms with van der Waals surface area (Å²) in [4.78, 5) is 59.6. The lowest BCUT2D eigenvalue weighted by Gasteiger charge is -2.23. The number of hydrogen-bond donors (Lipinski definition) is 7. The van der Waals surface area contributed by atoms with E-state index in [9.17, 15) is 29.1 Å². The molecular formula is C20H37N5O7. The predicted molar refractivity (Wildman–Crippen MR) is 116 cm³/mol. The summed E-state index contributed by atoms with van der Waals surface area (Å²) in [6.45, 7) is 5.57. The first-order valence-corrected chi connectivity index (χ1v) is 10.7. The van der Waals surface area contributed by atoms with Crippen molar-refractivity contribution in [2.75, 3.05) is 6.54 Å². The molecule has 184 valence electrons. The number of nitrogens with two attached hydrogens (primary N) is 2. The fourth-order valence-electron chi connectivity index (χ4n) is 2.86. The van der Waals surface area contributed by atoms with Crippen LogP contribution >= 0.6 is 0 Å². The lowest BCUT2D eigenvalue weighted by molar-refractivity contribution is -0.143. The molecule has 0 rings (SSSR count). The van der Waals surface area contributed by atoms with E-state index in [4.69, 9.17) is 16.6 Å². The van der Waals surface area contributed by atoms with Gasteiger partial charge in [-0.1, -0.05) is 13.8 Å². The maximum absolute atomic E-state index is 12.6. The largest absolute Gasteiger partial charge is 0.481 e. The highest BCUT2D eigenvalue weighted by Crippen LogP contribution is 2.06. The van der Waals surface area contributed by atoms with Gasteiger partial charge < -0.3 is 37.6 Å². The van der Waals surface area contributed by atoms with Crippen molar-refractivity contribution in [1.29, 1.82) is 0 Å². The number of aliphatic carboxylic acids is 2. The summed E-state index contributed by atoms with van der Waals surface area (Å²) in [5, 5.41) is 25.4. The minimum atomic E-state index is -1.29. The molecule has 0 aliphatic heterocycles. The SMILES string of the molecule is CC(C)CC(N)C(=O)NC(C)C(=O)NC(CCC(=O)O)C(=O)NC(CCCCN)C(=O)O. The molecule has 32 heavy (non-hydrogen) atoms. The molecule has 12 heteroatoms. The number of carboxylic acids is 2. The second-order valence-corrected chi connectivity index (χ2v) is 8.14. The van der Waals surface area contributed by atoms with E-state index in [1.807, 2.05) is 13.8 Å². The normalized spacial score (nSPS) is 14.7. The van der Waals surface area contributed by atoms with Crippen LogP contribution in [0.1, 0.15) is 59.3 Å². The summed E-state index contributed by atoms with van der Waals surface area (Å²) < 4.78 is 0. The molecule has 12 nitrogen and oxygen atoms in total. The molecule has 0 heterocycles. The molecule has 0 spiro atoms. The Morgan fingerprint density at radius 1 is 0.812 bits per heavy atom. The van der Waals surface area contributed by atoms with Crippen molar-refractivity contribution in [3.05, 3.63) is 0 Å². The van der Waals surface area contributed by atoms with Gasteiger partial charge in [-0.3, -0.25) is 19.2 Å². The van der Waals surface area contributed by atoms with Crippen molar-refractivity contribution in [2.24, 2.45) is 17.4 Å². The molecule has 4 unspecified atom stereocenters. The molecule has 0 fully saturated rings. The summed E-state index contributed by atoms with van der Waals surface area (Å²) in [6, 6.07) is -4.34. The Labute approximate surface area is 187 Å². The van der Waals surface area contributed by atoms with Crippen LogP contribution < -0.4 is 27.4 Å². The zero-order valence-corrected chi connectivity index (χ0v) is 18.9. The number of carbonyl (C=O) groups excluding carboxylic acids is 3. The molecule has 9 N–H and O–H groups in total. The molecule has 0 radical (unpaired) electrons. The van der Waals surface area contributed by atoms with Gasteiger partial charge in [0.1, 0.15) is 18.1 Å². The maximum Gasteiger partial charge on any atom is 0.326 e. The standard InChI is InChI=1S/C20H37N5O7/c1-11(2)10-13(22)18(29)23-12(3)17(28)24-14(7-8-16(26)27)19(30)25-15(20(31)32)6-4-5-9-21/h11-15H,4-10,21-22H2,1-3H3,(H,23,29)(H,24,28)(H,25,30)(H,26,27)(H,31,32). The van der Waals surface area contributed by atoms with E-state index in [1.54, 1.807) is 0 Å². The van der Waals surface area contributed by atoms with Gasteiger partial charge in [-0.25, -0.2) is 4.79 Å². The third kappa shape index (κ3) is 12.2. The number of carboxylic acid groups (broad SMARTS) is 2. The van der Waals surface area contributed by atoms with E-state index in [1.165, 1.54) is 6.92 Å². The Kier molecular flexibility index (Phi) is 13.8. The fraction of sp³-hybridized carbons (Fsp3) is 0.750. The molecule has 0 saturated heterocycles. The van der Waals surface area contributed by atoms with Crippen LogP contribution in [-0.4, -0.2) is 70.6 Å². The first kappa shape index (κ1) is 29.3. The molecule has 0 aromatic rings. The molecule has 0 aromatic carbocycles. The van der Waals surface area contributed by atoms with Crippen LogP contribution in [0.4, 0.5) is 0 Å². The first-order valence-electron chi connectivity index (χ1n) is 10.7. The number of hydrogen-bond acceptors (Lipinski definition) is 7. The van der Waals surface area contributed by atoms with Gasteiger partial charge in [0.25, 0.3) is 0 Å². The van der Waals surface area contributed by atoms with Crippen LogP contribution in [0.5, 0.6) is 0 Å². The Morgan fingerprint density at radius 3 is 1.91 bits per heavy atom. The van der Waals surface area contributed by atoms with E-state index < -0.39 is 60.2 Å². The Balaban J connectivity index is 5.13.